The van der Waals surface area contributed by atoms with Gasteiger partial charge in [-0.25, -0.2) is 4.98 Å². The summed E-state index contributed by atoms with van der Waals surface area (Å²) >= 11 is 0. The minimum atomic E-state index is -0.420. The second-order valence-electron chi connectivity index (χ2n) is 9.14. The number of imidazole rings is 1. The summed E-state index contributed by atoms with van der Waals surface area (Å²) in [6, 6.07) is 12.3. The zero-order chi connectivity index (χ0) is 22.0. The maximum Gasteiger partial charge on any atom is 0.233 e. The van der Waals surface area contributed by atoms with Crippen molar-refractivity contribution < 1.29 is 14.3 Å². The molecular weight excluding hydrogens is 402 g/mol. The van der Waals surface area contributed by atoms with Crippen molar-refractivity contribution in [3.63, 3.8) is 0 Å². The fourth-order valence-electron chi connectivity index (χ4n) is 5.43. The lowest BCUT2D eigenvalue weighted by Crippen LogP contribution is -2.47. The third-order valence-electron chi connectivity index (χ3n) is 7.11. The molecule has 0 N–H and O–H groups in total. The van der Waals surface area contributed by atoms with Crippen molar-refractivity contribution >= 4 is 11.6 Å². The molecule has 2 aliphatic rings. The predicted octanol–water partition coefficient (Wildman–Crippen LogP) is 3.87. The molecule has 2 aromatic heterocycles. The van der Waals surface area contributed by atoms with Crippen LogP contribution < -0.4 is 4.74 Å². The van der Waals surface area contributed by atoms with Crippen LogP contribution in [0.15, 0.2) is 55.0 Å². The largest absolute Gasteiger partial charge is 0.497 e. The third kappa shape index (κ3) is 3.99. The predicted molar refractivity (Wildman–Crippen MR) is 123 cm³/mol. The Balaban J connectivity index is 1.36. The quantitative estimate of drug-likeness (QED) is 0.613. The number of nitrogens with zero attached hydrogens (tertiary/aromatic N) is 3. The molecule has 0 unspecified atom stereocenters. The lowest BCUT2D eigenvalue weighted by molar-refractivity contribution is -0.137. The molecule has 6 nitrogen and oxygen atoms in total. The Morgan fingerprint density at radius 3 is 2.78 bits per heavy atom. The number of pyridine rings is 1. The van der Waals surface area contributed by atoms with Gasteiger partial charge in [0.1, 0.15) is 11.4 Å². The number of carbonyl (C=O) groups is 1. The molecule has 0 radical (unpaired) electrons. The summed E-state index contributed by atoms with van der Waals surface area (Å²) in [4.78, 5) is 20.4. The smallest absolute Gasteiger partial charge is 0.233 e. The molecule has 1 saturated carbocycles. The van der Waals surface area contributed by atoms with Crippen molar-refractivity contribution in [2.24, 2.45) is 5.92 Å². The van der Waals surface area contributed by atoms with E-state index in [0.717, 1.165) is 55.6 Å². The first-order valence-corrected chi connectivity index (χ1v) is 11.6. The fraction of sp³-hybridized carbons (Fsp3) is 0.462. The molecule has 3 aromatic rings. The molecule has 1 amide bonds. The number of hydrogen-bond donors (Lipinski definition) is 0. The van der Waals surface area contributed by atoms with Gasteiger partial charge >= 0.3 is 0 Å². The Morgan fingerprint density at radius 1 is 1.19 bits per heavy atom. The Morgan fingerprint density at radius 2 is 2.00 bits per heavy atom. The van der Waals surface area contributed by atoms with Crippen molar-refractivity contribution in [3.05, 3.63) is 66.1 Å². The van der Waals surface area contributed by atoms with Gasteiger partial charge in [0.2, 0.25) is 5.91 Å². The van der Waals surface area contributed by atoms with E-state index in [1.807, 2.05) is 35.0 Å². The van der Waals surface area contributed by atoms with Crippen molar-refractivity contribution in [1.29, 1.82) is 0 Å². The molecule has 168 valence electrons. The molecule has 1 atom stereocenters. The molecule has 1 aliphatic heterocycles. The van der Waals surface area contributed by atoms with Gasteiger partial charge in [0.25, 0.3) is 0 Å². The highest BCUT2D eigenvalue weighted by Gasteiger charge is 2.45. The average Bonchev–Trinajstić information content (AvgIpc) is 3.45. The molecule has 0 bridgehead atoms. The van der Waals surface area contributed by atoms with E-state index in [9.17, 15) is 4.79 Å². The van der Waals surface area contributed by atoms with Crippen LogP contribution in [0.1, 0.15) is 36.8 Å². The number of ether oxygens (including phenoxy) is 2. The summed E-state index contributed by atoms with van der Waals surface area (Å²) < 4.78 is 13.3. The van der Waals surface area contributed by atoms with Crippen LogP contribution in [0.2, 0.25) is 0 Å². The molecule has 1 aliphatic carbocycles. The zero-order valence-corrected chi connectivity index (χ0v) is 18.7. The first-order valence-electron chi connectivity index (χ1n) is 11.6. The summed E-state index contributed by atoms with van der Waals surface area (Å²) in [5, 5.41) is 0. The highest BCUT2D eigenvalue weighted by Crippen LogP contribution is 2.43. The fourth-order valence-corrected chi connectivity index (χ4v) is 5.43. The summed E-state index contributed by atoms with van der Waals surface area (Å²) in [7, 11) is 1.67. The number of rotatable bonds is 5. The van der Waals surface area contributed by atoms with Crippen LogP contribution in [-0.2, 0) is 21.4 Å². The van der Waals surface area contributed by atoms with Gasteiger partial charge in [0.15, 0.2) is 0 Å². The lowest BCUT2D eigenvalue weighted by atomic mass is 9.77. The molecule has 2 fully saturated rings. The van der Waals surface area contributed by atoms with Crippen LogP contribution >= 0.6 is 0 Å². The summed E-state index contributed by atoms with van der Waals surface area (Å²) in [5.74, 6) is 1.37. The van der Waals surface area contributed by atoms with Crippen LogP contribution in [0.3, 0.4) is 0 Å². The van der Waals surface area contributed by atoms with Crippen molar-refractivity contribution in [1.82, 2.24) is 14.3 Å². The maximum atomic E-state index is 14.0. The Kier molecular flexibility index (Phi) is 5.87. The first-order chi connectivity index (χ1) is 15.7. The van der Waals surface area contributed by atoms with Gasteiger partial charge in [-0.1, -0.05) is 31.0 Å². The first kappa shape index (κ1) is 21.0. The number of aromatic nitrogens is 2. The number of carbonyl (C=O) groups excluding carboxylic acids is 1. The minimum absolute atomic E-state index is 0.265. The standard InChI is InChI=1S/C26H31N3O3/c1-31-23-7-5-22(6-8-23)26(10-2-3-11-26)25(30)29-14-15-32-19-21(18-29)16-20-4-9-24-27-12-13-28(24)17-20/h4-9,12-13,17,21H,2-3,10-11,14-16,18-19H2,1H3/t21-/m1/s1. The Labute approximate surface area is 189 Å². The van der Waals surface area contributed by atoms with Crippen LogP contribution in [0, 0.1) is 5.92 Å². The highest BCUT2D eigenvalue weighted by molar-refractivity contribution is 5.88. The Bertz CT molecular complexity index is 1070. The molecule has 32 heavy (non-hydrogen) atoms. The van der Waals surface area contributed by atoms with Gasteiger partial charge in [0.05, 0.1) is 25.7 Å². The van der Waals surface area contributed by atoms with Crippen molar-refractivity contribution in [2.45, 2.75) is 37.5 Å². The normalized spacial score (nSPS) is 20.9. The molecule has 1 saturated heterocycles. The van der Waals surface area contributed by atoms with Gasteiger partial charge in [0, 0.05) is 37.6 Å². The number of amides is 1. The molecule has 5 rings (SSSR count). The van der Waals surface area contributed by atoms with E-state index >= 15 is 0 Å². The van der Waals surface area contributed by atoms with Crippen LogP contribution in [0.4, 0.5) is 0 Å². The Hall–Kier alpha value is -2.86. The van der Waals surface area contributed by atoms with Gasteiger partial charge in [-0.2, -0.15) is 0 Å². The van der Waals surface area contributed by atoms with Crippen molar-refractivity contribution in [2.75, 3.05) is 33.4 Å². The topological polar surface area (TPSA) is 56.1 Å². The maximum absolute atomic E-state index is 14.0. The third-order valence-corrected chi connectivity index (χ3v) is 7.11. The SMILES string of the molecule is COc1ccc(C2(C(=O)N3CCOC[C@H](Cc4ccc5nccn5c4)C3)CCCC2)cc1. The van der Waals surface area contributed by atoms with Gasteiger partial charge in [-0.05, 0) is 48.6 Å². The highest BCUT2D eigenvalue weighted by atomic mass is 16.5. The van der Waals surface area contributed by atoms with E-state index in [0.29, 0.717) is 19.8 Å². The second-order valence-corrected chi connectivity index (χ2v) is 9.14. The number of benzene rings is 1. The minimum Gasteiger partial charge on any atom is -0.497 e. The number of methoxy groups -OCH3 is 1. The molecular formula is C26H31N3O3. The van der Waals surface area contributed by atoms with Crippen LogP contribution in [0.25, 0.3) is 5.65 Å². The van der Waals surface area contributed by atoms with E-state index in [2.05, 4.69) is 34.3 Å². The van der Waals surface area contributed by atoms with E-state index < -0.39 is 5.41 Å². The summed E-state index contributed by atoms with van der Waals surface area (Å²) in [6.07, 6.45) is 10.8. The van der Waals surface area contributed by atoms with Gasteiger partial charge in [-0.3, -0.25) is 4.79 Å². The molecule has 6 heteroatoms. The zero-order valence-electron chi connectivity index (χ0n) is 18.7. The van der Waals surface area contributed by atoms with E-state index in [1.165, 1.54) is 5.56 Å². The van der Waals surface area contributed by atoms with E-state index in [1.54, 1.807) is 7.11 Å². The summed E-state index contributed by atoms with van der Waals surface area (Å²) in [5.41, 5.74) is 2.89. The second kappa shape index (κ2) is 8.94. The molecule has 0 spiro atoms. The number of fused-ring (bicyclic) bond motifs is 1. The van der Waals surface area contributed by atoms with Crippen LogP contribution in [0.5, 0.6) is 5.75 Å². The van der Waals surface area contributed by atoms with Crippen LogP contribution in [-0.4, -0.2) is 53.6 Å². The molecule has 3 heterocycles. The number of hydrogen-bond acceptors (Lipinski definition) is 4. The monoisotopic (exact) mass is 433 g/mol. The van der Waals surface area contributed by atoms with Gasteiger partial charge < -0.3 is 18.8 Å². The molecule has 1 aromatic carbocycles. The van der Waals surface area contributed by atoms with E-state index in [4.69, 9.17) is 9.47 Å². The summed E-state index contributed by atoms with van der Waals surface area (Å²) in [6.45, 7) is 2.68. The van der Waals surface area contributed by atoms with Gasteiger partial charge in [-0.15, -0.1) is 0 Å². The average molecular weight is 434 g/mol. The lowest BCUT2D eigenvalue weighted by Gasteiger charge is -2.35. The van der Waals surface area contributed by atoms with E-state index in [-0.39, 0.29) is 11.8 Å². The van der Waals surface area contributed by atoms with Crippen molar-refractivity contribution in [3.8, 4) is 5.75 Å².